The molecule has 1 aromatic heterocycles. The summed E-state index contributed by atoms with van der Waals surface area (Å²) in [6.07, 6.45) is 1.15. The van der Waals surface area contributed by atoms with Crippen molar-refractivity contribution in [2.75, 3.05) is 5.32 Å². The smallest absolute Gasteiger partial charge is 0.282 e. The summed E-state index contributed by atoms with van der Waals surface area (Å²) in [7, 11) is 0. The number of H-pyrrole nitrogens is 1. The van der Waals surface area contributed by atoms with E-state index in [-0.39, 0.29) is 5.95 Å². The van der Waals surface area contributed by atoms with E-state index in [1.165, 1.54) is 0 Å². The van der Waals surface area contributed by atoms with Crippen LogP contribution in [-0.2, 0) is 0 Å². The van der Waals surface area contributed by atoms with Gasteiger partial charge in [-0.25, -0.2) is 9.49 Å². The van der Waals surface area contributed by atoms with Crippen LogP contribution in [0.4, 0.5) is 16.0 Å². The van der Waals surface area contributed by atoms with Crippen LogP contribution < -0.4 is 5.32 Å². The molecule has 1 aromatic carbocycles. The Balaban J connectivity index is 2.34. The van der Waals surface area contributed by atoms with Gasteiger partial charge in [0, 0.05) is 6.07 Å². The van der Waals surface area contributed by atoms with Gasteiger partial charge >= 0.3 is 0 Å². The summed E-state index contributed by atoms with van der Waals surface area (Å²) in [5.41, 5.74) is -0.884. The molecular formula is C9H6FN5O3. The molecule has 2 rings (SSSR count). The van der Waals surface area contributed by atoms with Gasteiger partial charge in [-0.1, -0.05) is 0 Å². The summed E-state index contributed by atoms with van der Waals surface area (Å²) in [5, 5.41) is 18.8. The fraction of sp³-hybridized carbons (Fsp3) is 0. The molecule has 1 amide bonds. The quantitative estimate of drug-likeness (QED) is 0.626. The second-order valence-electron chi connectivity index (χ2n) is 3.21. The lowest BCUT2D eigenvalue weighted by atomic mass is 10.1. The molecule has 0 unspecified atom stereocenters. The van der Waals surface area contributed by atoms with Crippen LogP contribution in [0.5, 0.6) is 0 Å². The molecule has 92 valence electrons. The Morgan fingerprint density at radius 3 is 2.89 bits per heavy atom. The van der Waals surface area contributed by atoms with E-state index in [1.807, 2.05) is 0 Å². The van der Waals surface area contributed by atoms with Crippen LogP contribution in [0.2, 0.25) is 0 Å². The normalized spacial score (nSPS) is 10.1. The van der Waals surface area contributed by atoms with Crippen molar-refractivity contribution in [2.45, 2.75) is 0 Å². The van der Waals surface area contributed by atoms with Gasteiger partial charge in [-0.2, -0.15) is 10.1 Å². The molecule has 9 heteroatoms. The average molecular weight is 251 g/mol. The molecule has 0 radical (unpaired) electrons. The number of carbonyl (C=O) groups is 1. The van der Waals surface area contributed by atoms with Gasteiger partial charge in [0.05, 0.1) is 4.92 Å². The molecule has 0 aliphatic heterocycles. The van der Waals surface area contributed by atoms with Gasteiger partial charge in [-0.05, 0) is 12.1 Å². The summed E-state index contributed by atoms with van der Waals surface area (Å²) in [5.74, 6) is -1.58. The van der Waals surface area contributed by atoms with E-state index in [0.717, 1.165) is 24.5 Å². The number of hydrogen-bond acceptors (Lipinski definition) is 5. The van der Waals surface area contributed by atoms with E-state index in [0.29, 0.717) is 0 Å². The number of benzene rings is 1. The maximum absolute atomic E-state index is 13.0. The summed E-state index contributed by atoms with van der Waals surface area (Å²) >= 11 is 0. The van der Waals surface area contributed by atoms with Crippen molar-refractivity contribution in [2.24, 2.45) is 0 Å². The highest BCUT2D eigenvalue weighted by atomic mass is 19.1. The molecule has 2 aromatic rings. The number of carbonyl (C=O) groups excluding carboxylic acids is 1. The van der Waals surface area contributed by atoms with Gasteiger partial charge < -0.3 is 0 Å². The molecule has 2 N–H and O–H groups in total. The van der Waals surface area contributed by atoms with E-state index in [2.05, 4.69) is 20.5 Å². The number of nitrogens with one attached hydrogen (secondary N) is 2. The highest BCUT2D eigenvalue weighted by Crippen LogP contribution is 2.20. The molecule has 0 spiro atoms. The third-order valence-electron chi connectivity index (χ3n) is 2.05. The third kappa shape index (κ3) is 2.29. The first-order valence-electron chi connectivity index (χ1n) is 4.68. The lowest BCUT2D eigenvalue weighted by Gasteiger charge is -2.02. The first-order chi connectivity index (χ1) is 8.58. The topological polar surface area (TPSA) is 114 Å². The van der Waals surface area contributed by atoms with Crippen LogP contribution in [-0.4, -0.2) is 26.0 Å². The lowest BCUT2D eigenvalue weighted by molar-refractivity contribution is -0.385. The third-order valence-corrected chi connectivity index (χ3v) is 2.05. The fourth-order valence-corrected chi connectivity index (χ4v) is 1.29. The van der Waals surface area contributed by atoms with Crippen LogP contribution in [0.1, 0.15) is 10.4 Å². The Hall–Kier alpha value is -2.84. The Morgan fingerprint density at radius 2 is 2.28 bits per heavy atom. The van der Waals surface area contributed by atoms with E-state index >= 15 is 0 Å². The second-order valence-corrected chi connectivity index (χ2v) is 3.21. The van der Waals surface area contributed by atoms with Crippen molar-refractivity contribution >= 4 is 17.5 Å². The first kappa shape index (κ1) is 11.6. The molecule has 0 aliphatic rings. The number of aromatic amines is 1. The van der Waals surface area contributed by atoms with E-state index < -0.39 is 27.9 Å². The summed E-state index contributed by atoms with van der Waals surface area (Å²) in [4.78, 5) is 25.3. The SMILES string of the molecule is O=C(Nc1ncn[nH]1)c1cc(F)ccc1[N+](=O)[O-]. The highest BCUT2D eigenvalue weighted by Gasteiger charge is 2.21. The number of nitro benzene ring substituents is 1. The molecule has 18 heavy (non-hydrogen) atoms. The Kier molecular flexibility index (Phi) is 2.96. The summed E-state index contributed by atoms with van der Waals surface area (Å²) < 4.78 is 13.0. The molecule has 0 saturated heterocycles. The number of rotatable bonds is 3. The van der Waals surface area contributed by atoms with Crippen molar-refractivity contribution < 1.29 is 14.1 Å². The highest BCUT2D eigenvalue weighted by molar-refractivity contribution is 6.06. The van der Waals surface area contributed by atoms with Gasteiger partial charge in [0.2, 0.25) is 5.95 Å². The van der Waals surface area contributed by atoms with Crippen molar-refractivity contribution in [3.8, 4) is 0 Å². The average Bonchev–Trinajstić information content (AvgIpc) is 2.81. The molecule has 1 heterocycles. The Bertz CT molecular complexity index is 598. The number of aromatic nitrogens is 3. The Labute approximate surface area is 99.0 Å². The molecule has 0 atom stereocenters. The maximum atomic E-state index is 13.0. The minimum absolute atomic E-state index is 0.0126. The van der Waals surface area contributed by atoms with Gasteiger partial charge in [-0.15, -0.1) is 0 Å². The fourth-order valence-electron chi connectivity index (χ4n) is 1.29. The van der Waals surface area contributed by atoms with Gasteiger partial charge in [0.1, 0.15) is 17.7 Å². The van der Waals surface area contributed by atoms with Crippen LogP contribution in [0.25, 0.3) is 0 Å². The summed E-state index contributed by atoms with van der Waals surface area (Å²) in [6.45, 7) is 0. The minimum atomic E-state index is -0.849. The van der Waals surface area contributed by atoms with E-state index in [4.69, 9.17) is 0 Å². The van der Waals surface area contributed by atoms with Crippen molar-refractivity contribution in [3.63, 3.8) is 0 Å². The number of hydrogen-bond donors (Lipinski definition) is 2. The minimum Gasteiger partial charge on any atom is -0.291 e. The zero-order chi connectivity index (χ0) is 13.1. The largest absolute Gasteiger partial charge is 0.291 e. The molecular weight excluding hydrogens is 245 g/mol. The Morgan fingerprint density at radius 1 is 1.50 bits per heavy atom. The molecule has 0 bridgehead atoms. The van der Waals surface area contributed by atoms with Crippen molar-refractivity contribution in [3.05, 3.63) is 46.0 Å². The molecule has 0 saturated carbocycles. The monoisotopic (exact) mass is 251 g/mol. The zero-order valence-corrected chi connectivity index (χ0v) is 8.75. The number of halogens is 1. The number of nitrogens with zero attached hydrogens (tertiary/aromatic N) is 3. The molecule has 0 fully saturated rings. The van der Waals surface area contributed by atoms with Crippen LogP contribution in [0, 0.1) is 15.9 Å². The molecule has 0 aliphatic carbocycles. The predicted molar refractivity (Wildman–Crippen MR) is 57.4 cm³/mol. The first-order valence-corrected chi connectivity index (χ1v) is 4.68. The standard InChI is InChI=1S/C9H6FN5O3/c10-5-1-2-7(15(17)18)6(3-5)8(16)13-9-11-4-12-14-9/h1-4H,(H2,11,12,13,14,16). The van der Waals surface area contributed by atoms with E-state index in [1.54, 1.807) is 0 Å². The maximum Gasteiger partial charge on any atom is 0.282 e. The van der Waals surface area contributed by atoms with E-state index in [9.17, 15) is 19.3 Å². The lowest BCUT2D eigenvalue weighted by Crippen LogP contribution is -2.15. The number of nitro groups is 1. The number of amides is 1. The van der Waals surface area contributed by atoms with Crippen molar-refractivity contribution in [1.29, 1.82) is 0 Å². The van der Waals surface area contributed by atoms with Crippen molar-refractivity contribution in [1.82, 2.24) is 15.2 Å². The van der Waals surface area contributed by atoms with Crippen LogP contribution in [0.3, 0.4) is 0 Å². The summed E-state index contributed by atoms with van der Waals surface area (Å²) in [6, 6.07) is 2.61. The number of anilines is 1. The van der Waals surface area contributed by atoms with Crippen LogP contribution in [0.15, 0.2) is 24.5 Å². The molecule has 8 nitrogen and oxygen atoms in total. The van der Waals surface area contributed by atoms with Gasteiger partial charge in [0.15, 0.2) is 0 Å². The van der Waals surface area contributed by atoms with Crippen LogP contribution >= 0.6 is 0 Å². The van der Waals surface area contributed by atoms with Gasteiger partial charge in [0.25, 0.3) is 11.6 Å². The zero-order valence-electron chi connectivity index (χ0n) is 8.75. The second kappa shape index (κ2) is 4.57. The predicted octanol–water partition coefficient (Wildman–Crippen LogP) is 1.10. The van der Waals surface area contributed by atoms with Gasteiger partial charge in [-0.3, -0.25) is 20.2 Å².